The minimum absolute atomic E-state index is 0.279. The highest BCUT2D eigenvalue weighted by atomic mass is 32.1. The molecule has 88 valence electrons. The molecule has 0 bridgehead atoms. The summed E-state index contributed by atoms with van der Waals surface area (Å²) in [5.41, 5.74) is 1.04. The Morgan fingerprint density at radius 2 is 2.00 bits per heavy atom. The summed E-state index contributed by atoms with van der Waals surface area (Å²) in [6.45, 7) is 1.81. The third-order valence-electron chi connectivity index (χ3n) is 2.22. The van der Waals surface area contributed by atoms with Crippen LogP contribution in [0.15, 0.2) is 24.3 Å². The lowest BCUT2D eigenvalue weighted by molar-refractivity contribution is 0.0595. The predicted molar refractivity (Wildman–Crippen MR) is 63.6 cm³/mol. The number of aryl methyl sites for hydroxylation is 1. The number of carbonyl (C=O) groups excluding carboxylic acids is 1. The average molecular weight is 251 g/mol. The van der Waals surface area contributed by atoms with E-state index in [4.69, 9.17) is 0 Å². The average Bonchev–Trinajstić information content (AvgIpc) is 2.71. The van der Waals surface area contributed by atoms with Crippen LogP contribution in [-0.2, 0) is 4.74 Å². The van der Waals surface area contributed by atoms with Crippen molar-refractivity contribution in [2.45, 2.75) is 6.92 Å². The van der Waals surface area contributed by atoms with Gasteiger partial charge in [-0.25, -0.2) is 14.2 Å². The molecule has 0 aliphatic carbocycles. The van der Waals surface area contributed by atoms with E-state index >= 15 is 0 Å². The predicted octanol–water partition coefficient (Wildman–Crippen LogP) is 3.04. The molecule has 0 radical (unpaired) electrons. The van der Waals surface area contributed by atoms with Gasteiger partial charge in [-0.15, -0.1) is 11.3 Å². The van der Waals surface area contributed by atoms with Crippen LogP contribution in [0.25, 0.3) is 10.4 Å². The molecule has 0 N–H and O–H groups in total. The van der Waals surface area contributed by atoms with Crippen LogP contribution in [0.4, 0.5) is 4.39 Å². The number of aromatic nitrogens is 1. The largest absolute Gasteiger partial charge is 0.464 e. The number of hydrogen-bond acceptors (Lipinski definition) is 4. The summed E-state index contributed by atoms with van der Waals surface area (Å²) in [4.78, 5) is 16.4. The number of thiazole rings is 1. The Morgan fingerprint density at radius 1 is 1.35 bits per heavy atom. The summed E-state index contributed by atoms with van der Waals surface area (Å²) < 4.78 is 17.5. The first kappa shape index (κ1) is 11.7. The molecule has 0 saturated heterocycles. The smallest absolute Gasteiger partial charge is 0.358 e. The first-order chi connectivity index (χ1) is 8.11. The summed E-state index contributed by atoms with van der Waals surface area (Å²) >= 11 is 1.38. The molecule has 2 aromatic rings. The van der Waals surface area contributed by atoms with Crippen LogP contribution in [0.1, 0.15) is 15.5 Å². The van der Waals surface area contributed by atoms with Crippen molar-refractivity contribution in [1.82, 2.24) is 4.98 Å². The standard InChI is InChI=1S/C12H10FNO2S/c1-7-14-10(12(15)16-2)11(17-7)8-3-5-9(13)6-4-8/h3-6H,1-2H3. The molecule has 0 amide bonds. The van der Waals surface area contributed by atoms with E-state index in [1.807, 2.05) is 6.92 Å². The van der Waals surface area contributed by atoms with Gasteiger partial charge in [0, 0.05) is 0 Å². The number of rotatable bonds is 2. The quantitative estimate of drug-likeness (QED) is 0.770. The molecule has 3 nitrogen and oxygen atoms in total. The maximum absolute atomic E-state index is 12.8. The van der Waals surface area contributed by atoms with Crippen LogP contribution >= 0.6 is 11.3 Å². The SMILES string of the molecule is COC(=O)c1nc(C)sc1-c1ccc(F)cc1. The van der Waals surface area contributed by atoms with E-state index in [9.17, 15) is 9.18 Å². The second-order valence-electron chi connectivity index (χ2n) is 3.41. The van der Waals surface area contributed by atoms with Crippen molar-refractivity contribution in [3.8, 4) is 10.4 Å². The van der Waals surface area contributed by atoms with E-state index in [1.165, 1.54) is 30.6 Å². The normalized spacial score (nSPS) is 10.3. The van der Waals surface area contributed by atoms with Gasteiger partial charge in [0.05, 0.1) is 17.0 Å². The topological polar surface area (TPSA) is 39.2 Å². The second-order valence-corrected chi connectivity index (χ2v) is 4.61. The number of carbonyl (C=O) groups is 1. The monoisotopic (exact) mass is 251 g/mol. The molecule has 1 aromatic carbocycles. The van der Waals surface area contributed by atoms with Crippen molar-refractivity contribution >= 4 is 17.3 Å². The molecule has 0 fully saturated rings. The first-order valence-electron chi connectivity index (χ1n) is 4.93. The van der Waals surface area contributed by atoms with Crippen molar-refractivity contribution < 1.29 is 13.9 Å². The zero-order valence-electron chi connectivity index (χ0n) is 9.36. The minimum Gasteiger partial charge on any atom is -0.464 e. The molecule has 1 aromatic heterocycles. The van der Waals surface area contributed by atoms with E-state index in [1.54, 1.807) is 12.1 Å². The van der Waals surface area contributed by atoms with Gasteiger partial charge in [0.1, 0.15) is 5.82 Å². The van der Waals surface area contributed by atoms with Gasteiger partial charge in [0.15, 0.2) is 5.69 Å². The fourth-order valence-electron chi connectivity index (χ4n) is 1.46. The van der Waals surface area contributed by atoms with E-state index < -0.39 is 5.97 Å². The Balaban J connectivity index is 2.51. The fourth-order valence-corrected chi connectivity index (χ4v) is 2.37. The van der Waals surface area contributed by atoms with Crippen molar-refractivity contribution in [3.05, 3.63) is 40.8 Å². The molecule has 5 heteroatoms. The van der Waals surface area contributed by atoms with Crippen LogP contribution in [-0.4, -0.2) is 18.1 Å². The second kappa shape index (κ2) is 4.63. The van der Waals surface area contributed by atoms with Gasteiger partial charge in [0.25, 0.3) is 0 Å². The number of esters is 1. The van der Waals surface area contributed by atoms with Crippen LogP contribution in [0.2, 0.25) is 0 Å². The molecule has 0 saturated carbocycles. The van der Waals surface area contributed by atoms with E-state index in [0.717, 1.165) is 10.6 Å². The summed E-state index contributed by atoms with van der Waals surface area (Å²) in [6.07, 6.45) is 0. The van der Waals surface area contributed by atoms with Crippen molar-refractivity contribution in [2.24, 2.45) is 0 Å². The molecule has 0 aliphatic heterocycles. The third-order valence-corrected chi connectivity index (χ3v) is 3.24. The van der Waals surface area contributed by atoms with Crippen molar-refractivity contribution in [3.63, 3.8) is 0 Å². The highest BCUT2D eigenvalue weighted by Crippen LogP contribution is 2.30. The van der Waals surface area contributed by atoms with Gasteiger partial charge in [-0.3, -0.25) is 0 Å². The van der Waals surface area contributed by atoms with E-state index in [-0.39, 0.29) is 11.5 Å². The molecule has 1 heterocycles. The zero-order valence-corrected chi connectivity index (χ0v) is 10.2. The zero-order chi connectivity index (χ0) is 12.4. The van der Waals surface area contributed by atoms with E-state index in [2.05, 4.69) is 9.72 Å². The van der Waals surface area contributed by atoms with Crippen LogP contribution in [0.5, 0.6) is 0 Å². The maximum Gasteiger partial charge on any atom is 0.358 e. The molecule has 2 rings (SSSR count). The molecule has 0 unspecified atom stereocenters. The first-order valence-corrected chi connectivity index (χ1v) is 5.75. The molecular formula is C12H10FNO2S. The van der Waals surface area contributed by atoms with Crippen LogP contribution in [0, 0.1) is 12.7 Å². The third kappa shape index (κ3) is 2.34. The molecule has 0 spiro atoms. The summed E-state index contributed by atoms with van der Waals surface area (Å²) in [5.74, 6) is -0.789. The number of nitrogens with zero attached hydrogens (tertiary/aromatic N) is 1. The molecule has 0 atom stereocenters. The van der Waals surface area contributed by atoms with Crippen LogP contribution in [0.3, 0.4) is 0 Å². The Morgan fingerprint density at radius 3 is 2.59 bits per heavy atom. The molecular weight excluding hydrogens is 241 g/mol. The minimum atomic E-state index is -0.478. The Labute approximate surface area is 102 Å². The lowest BCUT2D eigenvalue weighted by Crippen LogP contribution is -2.03. The lowest BCUT2D eigenvalue weighted by Gasteiger charge is -2.00. The highest BCUT2D eigenvalue weighted by molar-refractivity contribution is 7.15. The van der Waals surface area contributed by atoms with Gasteiger partial charge in [-0.1, -0.05) is 12.1 Å². The number of ether oxygens (including phenoxy) is 1. The Kier molecular flexibility index (Phi) is 3.19. The molecule has 0 aliphatic rings. The van der Waals surface area contributed by atoms with Crippen molar-refractivity contribution in [1.29, 1.82) is 0 Å². The Bertz CT molecular complexity index is 548. The highest BCUT2D eigenvalue weighted by Gasteiger charge is 2.18. The number of halogens is 1. The van der Waals surface area contributed by atoms with Gasteiger partial charge < -0.3 is 4.74 Å². The Hall–Kier alpha value is -1.75. The van der Waals surface area contributed by atoms with Gasteiger partial charge in [0.2, 0.25) is 0 Å². The lowest BCUT2D eigenvalue weighted by atomic mass is 10.1. The number of benzene rings is 1. The summed E-state index contributed by atoms with van der Waals surface area (Å²) in [7, 11) is 1.31. The number of hydrogen-bond donors (Lipinski definition) is 0. The van der Waals surface area contributed by atoms with Gasteiger partial charge >= 0.3 is 5.97 Å². The number of methoxy groups -OCH3 is 1. The van der Waals surface area contributed by atoms with Crippen LogP contribution < -0.4 is 0 Å². The summed E-state index contributed by atoms with van der Waals surface area (Å²) in [5, 5.41) is 0.768. The summed E-state index contributed by atoms with van der Waals surface area (Å²) in [6, 6.07) is 5.94. The molecule has 17 heavy (non-hydrogen) atoms. The fraction of sp³-hybridized carbons (Fsp3) is 0.167. The van der Waals surface area contributed by atoms with Crippen molar-refractivity contribution in [2.75, 3.05) is 7.11 Å². The van der Waals surface area contributed by atoms with E-state index in [0.29, 0.717) is 4.88 Å². The maximum atomic E-state index is 12.8. The van der Waals surface area contributed by atoms with Gasteiger partial charge in [-0.2, -0.15) is 0 Å². The van der Waals surface area contributed by atoms with Gasteiger partial charge in [-0.05, 0) is 24.6 Å².